The van der Waals surface area contributed by atoms with Crippen LogP contribution >= 0.6 is 12.2 Å². The van der Waals surface area contributed by atoms with E-state index >= 15 is 0 Å². The minimum atomic E-state index is -0.446. The first-order valence-corrected chi connectivity index (χ1v) is 8.79. The molecular weight excluding hydrogens is 368 g/mol. The highest BCUT2D eigenvalue weighted by Crippen LogP contribution is 2.22. The third-order valence-electron chi connectivity index (χ3n) is 4.21. The molecule has 0 aliphatic carbocycles. The third kappa shape index (κ3) is 4.29. The zero-order chi connectivity index (χ0) is 19.6. The monoisotopic (exact) mass is 388 g/mol. The number of hydrogen-bond acceptors (Lipinski definition) is 7. The van der Waals surface area contributed by atoms with Gasteiger partial charge in [-0.05, 0) is 38.2 Å². The number of nitro groups is 1. The van der Waals surface area contributed by atoms with Gasteiger partial charge in [-0.3, -0.25) is 15.0 Å². The van der Waals surface area contributed by atoms with Crippen molar-refractivity contribution < 1.29 is 9.34 Å². The molecule has 9 nitrogen and oxygen atoms in total. The minimum absolute atomic E-state index is 0.0177. The number of imidazole rings is 1. The van der Waals surface area contributed by atoms with Gasteiger partial charge < -0.3 is 13.6 Å². The normalized spacial score (nSPS) is 11.4. The fraction of sp³-hybridized carbons (Fsp3) is 0.353. The second-order valence-electron chi connectivity index (χ2n) is 6.45. The second-order valence-corrected chi connectivity index (χ2v) is 6.81. The Labute approximate surface area is 161 Å². The summed E-state index contributed by atoms with van der Waals surface area (Å²) in [5, 5.41) is 18.9. The molecule has 0 radical (unpaired) electrons. The molecule has 0 fully saturated rings. The van der Waals surface area contributed by atoms with Crippen molar-refractivity contribution in [2.24, 2.45) is 7.05 Å². The van der Waals surface area contributed by atoms with Crippen LogP contribution < -0.4 is 0 Å². The Morgan fingerprint density at radius 1 is 1.26 bits per heavy atom. The van der Waals surface area contributed by atoms with E-state index in [9.17, 15) is 10.1 Å². The average Bonchev–Trinajstić information content (AvgIpc) is 3.23. The highest BCUT2D eigenvalue weighted by Gasteiger charge is 2.17. The van der Waals surface area contributed by atoms with Crippen LogP contribution in [-0.4, -0.2) is 35.2 Å². The van der Waals surface area contributed by atoms with Gasteiger partial charge in [0.05, 0.1) is 18.1 Å². The largest absolute Gasteiger partial charge is 0.419 e. The fourth-order valence-electron chi connectivity index (χ4n) is 2.54. The number of nitro benzene ring substituents is 1. The van der Waals surface area contributed by atoms with Gasteiger partial charge in [0.1, 0.15) is 0 Å². The summed E-state index contributed by atoms with van der Waals surface area (Å²) in [5.74, 6) is 0.805. The van der Waals surface area contributed by atoms with Gasteiger partial charge in [0.2, 0.25) is 11.8 Å². The van der Waals surface area contributed by atoms with Gasteiger partial charge >= 0.3 is 0 Å². The highest BCUT2D eigenvalue weighted by atomic mass is 32.1. The molecule has 142 valence electrons. The number of hydrogen-bond donors (Lipinski definition) is 0. The van der Waals surface area contributed by atoms with Crippen LogP contribution in [0.1, 0.15) is 19.7 Å². The molecule has 0 bridgehead atoms. The quantitative estimate of drug-likeness (QED) is 0.348. The number of nitrogens with zero attached hydrogens (tertiary/aromatic N) is 6. The first-order valence-electron chi connectivity index (χ1n) is 8.38. The zero-order valence-corrected chi connectivity index (χ0v) is 16.1. The molecule has 27 heavy (non-hydrogen) atoms. The van der Waals surface area contributed by atoms with Crippen molar-refractivity contribution in [3.05, 3.63) is 57.4 Å². The van der Waals surface area contributed by atoms with E-state index in [1.807, 2.05) is 28.6 Å². The van der Waals surface area contributed by atoms with E-state index in [4.69, 9.17) is 16.6 Å². The van der Waals surface area contributed by atoms with Gasteiger partial charge in [-0.2, -0.15) is 0 Å². The molecule has 0 saturated heterocycles. The summed E-state index contributed by atoms with van der Waals surface area (Å²) in [6, 6.07) is 6.26. The first kappa shape index (κ1) is 18.9. The predicted octanol–water partition coefficient (Wildman–Crippen LogP) is 3.38. The molecule has 0 unspecified atom stereocenters. The maximum Gasteiger partial charge on any atom is 0.269 e. The Hall–Kier alpha value is -2.85. The topological polar surface area (TPSA) is 95.2 Å². The summed E-state index contributed by atoms with van der Waals surface area (Å²) >= 11 is 5.39. The molecular formula is C17H20N6O3S. The van der Waals surface area contributed by atoms with E-state index in [2.05, 4.69) is 28.9 Å². The number of aromatic nitrogens is 4. The Kier molecular flexibility index (Phi) is 5.47. The molecule has 0 amide bonds. The van der Waals surface area contributed by atoms with Crippen LogP contribution in [0, 0.1) is 14.9 Å². The lowest BCUT2D eigenvalue weighted by Crippen LogP contribution is -2.32. The Bertz CT molecular complexity index is 989. The lowest BCUT2D eigenvalue weighted by molar-refractivity contribution is -0.384. The molecule has 0 spiro atoms. The number of aryl methyl sites for hydroxylation is 1. The van der Waals surface area contributed by atoms with Crippen molar-refractivity contribution in [3.8, 4) is 11.5 Å². The van der Waals surface area contributed by atoms with E-state index in [0.717, 1.165) is 4.77 Å². The SMILES string of the molecule is CC(C)N(Cc1nnc(-c2ccc([N+](=O)[O-])cc2)o1)Cn1ccn(C)c1=S. The van der Waals surface area contributed by atoms with E-state index in [0.29, 0.717) is 30.6 Å². The smallest absolute Gasteiger partial charge is 0.269 e. The molecule has 3 aromatic rings. The summed E-state index contributed by atoms with van der Waals surface area (Å²) in [6.07, 6.45) is 3.86. The molecule has 0 N–H and O–H groups in total. The molecule has 2 aromatic heterocycles. The van der Waals surface area contributed by atoms with Gasteiger partial charge in [0.25, 0.3) is 5.69 Å². The maximum absolute atomic E-state index is 10.8. The maximum atomic E-state index is 10.8. The standard InChI is InChI=1S/C17H20N6O3S/c1-12(2)22(11-21-9-8-20(3)17(21)27)10-15-18-19-16(26-15)13-4-6-14(7-5-13)23(24)25/h4-9,12H,10-11H2,1-3H3. The lowest BCUT2D eigenvalue weighted by atomic mass is 10.2. The lowest BCUT2D eigenvalue weighted by Gasteiger charge is -2.25. The van der Waals surface area contributed by atoms with Gasteiger partial charge in [-0.1, -0.05) is 0 Å². The molecule has 3 rings (SSSR count). The molecule has 0 aliphatic heterocycles. The molecule has 1 aromatic carbocycles. The van der Waals surface area contributed by atoms with Crippen LogP contribution in [-0.2, 0) is 20.3 Å². The Balaban J connectivity index is 1.75. The van der Waals surface area contributed by atoms with Crippen molar-refractivity contribution in [1.82, 2.24) is 24.2 Å². The Morgan fingerprint density at radius 2 is 1.96 bits per heavy atom. The number of benzene rings is 1. The summed E-state index contributed by atoms with van der Waals surface area (Å²) in [5.41, 5.74) is 0.657. The third-order valence-corrected chi connectivity index (χ3v) is 4.73. The van der Waals surface area contributed by atoms with E-state index < -0.39 is 4.92 Å². The molecule has 0 atom stereocenters. The van der Waals surface area contributed by atoms with Gasteiger partial charge in [-0.25, -0.2) is 0 Å². The zero-order valence-electron chi connectivity index (χ0n) is 15.3. The van der Waals surface area contributed by atoms with Crippen molar-refractivity contribution in [3.63, 3.8) is 0 Å². The summed E-state index contributed by atoms with van der Waals surface area (Å²) < 4.78 is 10.3. The molecule has 10 heteroatoms. The van der Waals surface area contributed by atoms with E-state index in [1.54, 1.807) is 12.1 Å². The van der Waals surface area contributed by atoms with Gasteiger partial charge in [-0.15, -0.1) is 10.2 Å². The van der Waals surface area contributed by atoms with Crippen LogP contribution in [0.25, 0.3) is 11.5 Å². The van der Waals surface area contributed by atoms with Gasteiger partial charge in [0.15, 0.2) is 4.77 Å². The summed E-state index contributed by atoms with van der Waals surface area (Å²) in [6.45, 7) is 5.24. The van der Waals surface area contributed by atoms with Crippen LogP contribution in [0.5, 0.6) is 0 Å². The number of rotatable bonds is 7. The van der Waals surface area contributed by atoms with Crippen LogP contribution in [0.4, 0.5) is 5.69 Å². The first-order chi connectivity index (χ1) is 12.8. The Morgan fingerprint density at radius 3 is 2.52 bits per heavy atom. The summed E-state index contributed by atoms with van der Waals surface area (Å²) in [4.78, 5) is 12.5. The highest BCUT2D eigenvalue weighted by molar-refractivity contribution is 7.71. The predicted molar refractivity (Wildman–Crippen MR) is 101 cm³/mol. The van der Waals surface area contributed by atoms with Crippen molar-refractivity contribution in [2.75, 3.05) is 0 Å². The average molecular weight is 388 g/mol. The van der Waals surface area contributed by atoms with Crippen molar-refractivity contribution in [2.45, 2.75) is 33.1 Å². The fourth-order valence-corrected chi connectivity index (χ4v) is 2.72. The molecule has 0 saturated carbocycles. The van der Waals surface area contributed by atoms with E-state index in [-0.39, 0.29) is 11.7 Å². The minimum Gasteiger partial charge on any atom is -0.419 e. The van der Waals surface area contributed by atoms with Gasteiger partial charge in [0, 0.05) is 43.2 Å². The second kappa shape index (κ2) is 7.80. The van der Waals surface area contributed by atoms with Crippen LogP contribution in [0.15, 0.2) is 41.1 Å². The molecule has 0 aliphatic rings. The van der Waals surface area contributed by atoms with E-state index in [1.165, 1.54) is 12.1 Å². The summed E-state index contributed by atoms with van der Waals surface area (Å²) in [7, 11) is 1.91. The molecule has 2 heterocycles. The number of non-ortho nitro benzene ring substituents is 1. The van der Waals surface area contributed by atoms with Crippen molar-refractivity contribution in [1.29, 1.82) is 0 Å². The van der Waals surface area contributed by atoms with Crippen molar-refractivity contribution >= 4 is 17.9 Å². The van der Waals surface area contributed by atoms with Crippen LogP contribution in [0.2, 0.25) is 0 Å². The van der Waals surface area contributed by atoms with Crippen LogP contribution in [0.3, 0.4) is 0 Å².